The second-order valence-electron chi connectivity index (χ2n) is 6.94. The fourth-order valence-corrected chi connectivity index (χ4v) is 3.95. The minimum Gasteiger partial charge on any atom is -0.360 e. The van der Waals surface area contributed by atoms with Crippen LogP contribution in [0.2, 0.25) is 0 Å². The third-order valence-corrected chi connectivity index (χ3v) is 5.64. The molecule has 3 aromatic rings. The SMILES string of the molecule is Cc1ccccc1-n1ccn(C[NH+]2CCN(c3ccccc3)CC2)c1=S. The Balaban J connectivity index is 1.43. The van der Waals surface area contributed by atoms with E-state index < -0.39 is 0 Å². The Labute approximate surface area is 159 Å². The van der Waals surface area contributed by atoms with Crippen molar-refractivity contribution >= 4 is 17.9 Å². The van der Waals surface area contributed by atoms with Gasteiger partial charge in [-0.15, -0.1) is 0 Å². The average molecular weight is 366 g/mol. The smallest absolute Gasteiger partial charge is 0.188 e. The lowest BCUT2D eigenvalue weighted by atomic mass is 10.2. The first-order chi connectivity index (χ1) is 12.7. The Morgan fingerprint density at radius 3 is 2.35 bits per heavy atom. The summed E-state index contributed by atoms with van der Waals surface area (Å²) in [5.41, 5.74) is 3.74. The highest BCUT2D eigenvalue weighted by molar-refractivity contribution is 7.71. The first-order valence-corrected chi connectivity index (χ1v) is 9.60. The molecule has 0 bridgehead atoms. The van der Waals surface area contributed by atoms with Gasteiger partial charge in [0.05, 0.1) is 31.9 Å². The van der Waals surface area contributed by atoms with E-state index in [1.54, 1.807) is 4.90 Å². The first-order valence-electron chi connectivity index (χ1n) is 9.20. The molecule has 1 fully saturated rings. The maximum absolute atomic E-state index is 5.74. The molecule has 5 heteroatoms. The van der Waals surface area contributed by atoms with Crippen LogP contribution in [0.4, 0.5) is 5.69 Å². The van der Waals surface area contributed by atoms with Crippen molar-refractivity contribution in [2.75, 3.05) is 31.1 Å². The van der Waals surface area contributed by atoms with Gasteiger partial charge in [0.15, 0.2) is 11.4 Å². The summed E-state index contributed by atoms with van der Waals surface area (Å²) in [5.74, 6) is 0. The molecular weight excluding hydrogens is 340 g/mol. The predicted molar refractivity (Wildman–Crippen MR) is 109 cm³/mol. The number of rotatable bonds is 4. The molecule has 1 aliphatic rings. The van der Waals surface area contributed by atoms with Crippen molar-refractivity contribution in [1.29, 1.82) is 0 Å². The summed E-state index contributed by atoms with van der Waals surface area (Å²) in [6, 6.07) is 19.1. The number of aromatic nitrogens is 2. The molecule has 1 N–H and O–H groups in total. The van der Waals surface area contributed by atoms with Crippen LogP contribution in [0.15, 0.2) is 67.0 Å². The van der Waals surface area contributed by atoms with Crippen molar-refractivity contribution in [2.45, 2.75) is 13.6 Å². The van der Waals surface area contributed by atoms with E-state index in [2.05, 4.69) is 87.9 Å². The lowest BCUT2D eigenvalue weighted by Crippen LogP contribution is -3.14. The van der Waals surface area contributed by atoms with Crippen LogP contribution in [0.1, 0.15) is 5.56 Å². The van der Waals surface area contributed by atoms with Crippen LogP contribution in [0.25, 0.3) is 5.69 Å². The number of piperazine rings is 1. The summed E-state index contributed by atoms with van der Waals surface area (Å²) < 4.78 is 5.19. The standard InChI is InChI=1S/C21H24N4S/c1-18-7-5-6-10-20(18)25-16-15-24(21(25)26)17-22-11-13-23(14-12-22)19-8-3-2-4-9-19/h2-10,15-16H,11-14,17H2,1H3/p+1. The van der Waals surface area contributed by atoms with E-state index in [-0.39, 0.29) is 0 Å². The zero-order valence-electron chi connectivity index (χ0n) is 15.1. The number of quaternary nitrogens is 1. The van der Waals surface area contributed by atoms with Gasteiger partial charge in [-0.3, -0.25) is 9.13 Å². The summed E-state index contributed by atoms with van der Waals surface area (Å²) in [4.78, 5) is 4.05. The number of imidazole rings is 1. The van der Waals surface area contributed by atoms with Gasteiger partial charge in [0.25, 0.3) is 0 Å². The van der Waals surface area contributed by atoms with Crippen molar-refractivity contribution < 1.29 is 4.90 Å². The number of nitrogens with one attached hydrogen (secondary N) is 1. The van der Waals surface area contributed by atoms with Crippen molar-refractivity contribution in [3.63, 3.8) is 0 Å². The Hall–Kier alpha value is -2.37. The van der Waals surface area contributed by atoms with Gasteiger partial charge >= 0.3 is 0 Å². The molecule has 0 unspecified atom stereocenters. The minimum atomic E-state index is 0.872. The van der Waals surface area contributed by atoms with Crippen molar-refractivity contribution in [3.05, 3.63) is 77.3 Å². The Bertz CT molecular complexity index is 920. The van der Waals surface area contributed by atoms with E-state index >= 15 is 0 Å². The Morgan fingerprint density at radius 2 is 1.62 bits per heavy atom. The van der Waals surface area contributed by atoms with E-state index in [4.69, 9.17) is 12.2 Å². The van der Waals surface area contributed by atoms with Crippen molar-refractivity contribution in [2.24, 2.45) is 0 Å². The van der Waals surface area contributed by atoms with Crippen LogP contribution in [-0.4, -0.2) is 35.3 Å². The molecule has 2 aromatic carbocycles. The molecule has 1 saturated heterocycles. The Kier molecular flexibility index (Phi) is 4.91. The maximum atomic E-state index is 5.74. The lowest BCUT2D eigenvalue weighted by Gasteiger charge is -2.33. The third kappa shape index (κ3) is 3.45. The quantitative estimate of drug-likeness (QED) is 0.716. The molecule has 0 atom stereocenters. The van der Waals surface area contributed by atoms with Gasteiger partial charge in [0.1, 0.15) is 0 Å². The van der Waals surface area contributed by atoms with E-state index in [1.165, 1.54) is 16.9 Å². The minimum absolute atomic E-state index is 0.872. The molecule has 1 aliphatic heterocycles. The molecule has 4 nitrogen and oxygen atoms in total. The monoisotopic (exact) mass is 365 g/mol. The first kappa shape index (κ1) is 17.1. The van der Waals surface area contributed by atoms with Gasteiger partial charge in [-0.2, -0.15) is 0 Å². The topological polar surface area (TPSA) is 17.5 Å². The van der Waals surface area contributed by atoms with Crippen LogP contribution in [0.3, 0.4) is 0 Å². The second kappa shape index (κ2) is 7.48. The molecule has 0 amide bonds. The normalized spacial score (nSPS) is 15.3. The molecule has 0 spiro atoms. The van der Waals surface area contributed by atoms with Crippen LogP contribution >= 0.6 is 12.2 Å². The predicted octanol–water partition coefficient (Wildman–Crippen LogP) is 2.68. The summed E-state index contributed by atoms with van der Waals surface area (Å²) in [5, 5.41) is 0. The number of benzene rings is 2. The third-order valence-electron chi connectivity index (χ3n) is 5.21. The number of hydrogen-bond donors (Lipinski definition) is 1. The van der Waals surface area contributed by atoms with Gasteiger partial charge in [-0.25, -0.2) is 0 Å². The van der Waals surface area contributed by atoms with Gasteiger partial charge in [0, 0.05) is 18.1 Å². The van der Waals surface area contributed by atoms with Crippen LogP contribution < -0.4 is 9.80 Å². The summed E-state index contributed by atoms with van der Waals surface area (Å²) in [7, 11) is 0. The molecule has 1 aromatic heterocycles. The van der Waals surface area contributed by atoms with Crippen molar-refractivity contribution in [3.8, 4) is 5.69 Å². The zero-order chi connectivity index (χ0) is 17.9. The van der Waals surface area contributed by atoms with Gasteiger partial charge in [-0.05, 0) is 42.9 Å². The largest absolute Gasteiger partial charge is 0.360 e. The highest BCUT2D eigenvalue weighted by Gasteiger charge is 2.20. The van der Waals surface area contributed by atoms with Crippen molar-refractivity contribution in [1.82, 2.24) is 9.13 Å². The van der Waals surface area contributed by atoms with E-state index in [0.717, 1.165) is 37.6 Å². The highest BCUT2D eigenvalue weighted by atomic mass is 32.1. The molecule has 2 heterocycles. The van der Waals surface area contributed by atoms with E-state index in [0.29, 0.717) is 0 Å². The van der Waals surface area contributed by atoms with Gasteiger partial charge < -0.3 is 9.80 Å². The fraction of sp³-hybridized carbons (Fsp3) is 0.286. The number of hydrogen-bond acceptors (Lipinski definition) is 2. The molecule has 134 valence electrons. The van der Waals surface area contributed by atoms with Crippen LogP contribution in [-0.2, 0) is 6.67 Å². The van der Waals surface area contributed by atoms with Crippen LogP contribution in [0, 0.1) is 11.7 Å². The van der Waals surface area contributed by atoms with Crippen LogP contribution in [0.5, 0.6) is 0 Å². The summed E-state index contributed by atoms with van der Waals surface area (Å²) in [6.45, 7) is 7.50. The molecule has 26 heavy (non-hydrogen) atoms. The summed E-state index contributed by atoms with van der Waals surface area (Å²) in [6.07, 6.45) is 4.20. The fourth-order valence-electron chi connectivity index (χ4n) is 3.67. The number of nitrogens with zero attached hydrogens (tertiary/aromatic N) is 3. The molecule has 0 saturated carbocycles. The van der Waals surface area contributed by atoms with Gasteiger partial charge in [-0.1, -0.05) is 36.4 Å². The Morgan fingerprint density at radius 1 is 0.923 bits per heavy atom. The zero-order valence-corrected chi connectivity index (χ0v) is 16.0. The molecule has 0 aliphatic carbocycles. The lowest BCUT2D eigenvalue weighted by molar-refractivity contribution is -0.923. The second-order valence-corrected chi connectivity index (χ2v) is 7.30. The average Bonchev–Trinajstić information content (AvgIpc) is 3.04. The number of para-hydroxylation sites is 2. The molecular formula is C21H25N4S+. The van der Waals surface area contributed by atoms with Gasteiger partial charge in [0.2, 0.25) is 0 Å². The summed E-state index contributed by atoms with van der Waals surface area (Å²) >= 11 is 5.74. The molecule has 4 rings (SSSR count). The highest BCUT2D eigenvalue weighted by Crippen LogP contribution is 2.15. The van der Waals surface area contributed by atoms with E-state index in [1.807, 2.05) is 0 Å². The molecule has 0 radical (unpaired) electrons. The number of anilines is 1. The maximum Gasteiger partial charge on any atom is 0.188 e. The van der Waals surface area contributed by atoms with E-state index in [9.17, 15) is 0 Å². The number of aryl methyl sites for hydroxylation is 1.